The van der Waals surface area contributed by atoms with Gasteiger partial charge in [-0.05, 0) is 11.5 Å². The second-order valence-corrected chi connectivity index (χ2v) is 4.10. The number of hydrogen-bond donors (Lipinski definition) is 0. The zero-order chi connectivity index (χ0) is 12.1. The fourth-order valence-corrected chi connectivity index (χ4v) is 1.32. The summed E-state index contributed by atoms with van der Waals surface area (Å²) in [4.78, 5) is 15.0. The molecule has 0 spiro atoms. The summed E-state index contributed by atoms with van der Waals surface area (Å²) in [6.07, 6.45) is 0. The molecule has 0 radical (unpaired) electrons. The van der Waals surface area contributed by atoms with Crippen LogP contribution in [0.4, 0.5) is 0 Å². The molecule has 1 aromatic rings. The first-order valence-corrected chi connectivity index (χ1v) is 5.40. The molecule has 0 amide bonds. The van der Waals surface area contributed by atoms with Gasteiger partial charge in [0.2, 0.25) is 0 Å². The number of halogens is 1. The lowest BCUT2D eigenvalue weighted by atomic mass is 10.0. The highest BCUT2D eigenvalue weighted by molar-refractivity contribution is 6.69. The largest absolute Gasteiger partial charge is 0.332 e. The molecule has 0 bridgehead atoms. The Morgan fingerprint density at radius 1 is 1.31 bits per heavy atom. The Bertz CT molecular complexity index is 396. The summed E-state index contributed by atoms with van der Waals surface area (Å²) >= 11 is 5.85. The van der Waals surface area contributed by atoms with Crippen LogP contribution in [0.1, 0.15) is 37.8 Å². The molecule has 0 aliphatic carbocycles. The normalized spacial score (nSPS) is 11.7. The zero-order valence-electron chi connectivity index (χ0n) is 9.53. The molecule has 4 heteroatoms. The number of nitrogens with zero attached hydrogens (tertiary/aromatic N) is 1. The Balaban J connectivity index is 2.81. The molecule has 0 saturated carbocycles. The van der Waals surface area contributed by atoms with Gasteiger partial charge in [0.1, 0.15) is 0 Å². The van der Waals surface area contributed by atoms with Gasteiger partial charge in [-0.3, -0.25) is 0 Å². The number of oxime groups is 1. The minimum absolute atomic E-state index is 0.172. The summed E-state index contributed by atoms with van der Waals surface area (Å²) < 4.78 is 0. The molecule has 0 unspecified atom stereocenters. The second kappa shape index (κ2) is 5.66. The molecular weight excluding hydrogens is 226 g/mol. The summed E-state index contributed by atoms with van der Waals surface area (Å²) in [5.74, 6) is -0.0183. The van der Waals surface area contributed by atoms with Gasteiger partial charge in [-0.15, -0.1) is 0 Å². The number of rotatable bonds is 3. The Morgan fingerprint density at radius 3 is 2.31 bits per heavy atom. The Morgan fingerprint density at radius 2 is 1.88 bits per heavy atom. The van der Waals surface area contributed by atoms with Gasteiger partial charge in [0.15, 0.2) is 5.17 Å². The molecule has 86 valence electrons. The lowest BCUT2D eigenvalue weighted by molar-refractivity contribution is -0.140. The van der Waals surface area contributed by atoms with Gasteiger partial charge in [0.25, 0.3) is 0 Å². The van der Waals surface area contributed by atoms with Gasteiger partial charge in [0.05, 0.1) is 0 Å². The quantitative estimate of drug-likeness (QED) is 0.461. The molecule has 0 N–H and O–H groups in total. The van der Waals surface area contributed by atoms with Crippen LogP contribution in [-0.2, 0) is 9.63 Å². The van der Waals surface area contributed by atoms with Crippen molar-refractivity contribution < 1.29 is 9.63 Å². The highest BCUT2D eigenvalue weighted by Crippen LogP contribution is 2.16. The predicted molar refractivity (Wildman–Crippen MR) is 64.7 cm³/mol. The average Bonchev–Trinajstić information content (AvgIpc) is 2.26. The van der Waals surface area contributed by atoms with E-state index in [1.54, 1.807) is 0 Å². The molecule has 0 saturated heterocycles. The van der Waals surface area contributed by atoms with Crippen molar-refractivity contribution in [3.63, 3.8) is 0 Å². The van der Waals surface area contributed by atoms with Gasteiger partial charge in [-0.25, -0.2) is 4.79 Å². The maximum absolute atomic E-state index is 10.5. The molecule has 0 aliphatic heterocycles. The van der Waals surface area contributed by atoms with Crippen molar-refractivity contribution in [1.29, 1.82) is 0 Å². The van der Waals surface area contributed by atoms with Crippen molar-refractivity contribution in [2.45, 2.75) is 26.7 Å². The smallest absolute Gasteiger partial charge is 0.317 e. The first-order valence-electron chi connectivity index (χ1n) is 5.02. The van der Waals surface area contributed by atoms with Crippen LogP contribution in [0.2, 0.25) is 0 Å². The monoisotopic (exact) mass is 239 g/mol. The van der Waals surface area contributed by atoms with Gasteiger partial charge in [-0.2, -0.15) is 0 Å². The van der Waals surface area contributed by atoms with E-state index in [0.717, 1.165) is 5.56 Å². The first-order chi connectivity index (χ1) is 7.50. The zero-order valence-corrected chi connectivity index (χ0v) is 10.3. The van der Waals surface area contributed by atoms with E-state index in [0.29, 0.717) is 5.92 Å². The van der Waals surface area contributed by atoms with Gasteiger partial charge >= 0.3 is 5.97 Å². The molecule has 0 fully saturated rings. The molecule has 16 heavy (non-hydrogen) atoms. The van der Waals surface area contributed by atoms with Crippen LogP contribution in [0.3, 0.4) is 0 Å². The second-order valence-electron chi connectivity index (χ2n) is 3.74. The highest BCUT2D eigenvalue weighted by Gasteiger charge is 2.03. The van der Waals surface area contributed by atoms with Gasteiger partial charge in [-0.1, -0.05) is 54.9 Å². The lowest BCUT2D eigenvalue weighted by Gasteiger charge is -2.05. The summed E-state index contributed by atoms with van der Waals surface area (Å²) in [6, 6.07) is 7.66. The third kappa shape index (κ3) is 3.66. The van der Waals surface area contributed by atoms with E-state index in [1.807, 2.05) is 24.3 Å². The number of hydrogen-bond acceptors (Lipinski definition) is 3. The van der Waals surface area contributed by atoms with Crippen LogP contribution in [0.15, 0.2) is 29.4 Å². The van der Waals surface area contributed by atoms with Crippen molar-refractivity contribution >= 4 is 22.7 Å². The third-order valence-corrected chi connectivity index (χ3v) is 2.36. The van der Waals surface area contributed by atoms with Crippen LogP contribution in [-0.4, -0.2) is 11.1 Å². The number of carbonyl (C=O) groups excluding carboxylic acids is 1. The van der Waals surface area contributed by atoms with Crippen LogP contribution in [0.25, 0.3) is 0 Å². The summed E-state index contributed by atoms with van der Waals surface area (Å²) in [5, 5.41) is 3.67. The fraction of sp³-hybridized carbons (Fsp3) is 0.333. The maximum atomic E-state index is 10.5. The molecule has 3 nitrogen and oxygen atoms in total. The first kappa shape index (κ1) is 12.7. The van der Waals surface area contributed by atoms with E-state index < -0.39 is 5.97 Å². The van der Waals surface area contributed by atoms with Crippen molar-refractivity contribution in [3.8, 4) is 0 Å². The number of carbonyl (C=O) groups is 1. The van der Waals surface area contributed by atoms with Crippen LogP contribution < -0.4 is 0 Å². The SMILES string of the molecule is CC(=O)O/N=C(/Cl)c1ccc(C(C)C)cc1. The summed E-state index contributed by atoms with van der Waals surface area (Å²) in [5.41, 5.74) is 1.95. The van der Waals surface area contributed by atoms with E-state index in [4.69, 9.17) is 11.6 Å². The van der Waals surface area contributed by atoms with Crippen molar-refractivity contribution in [2.24, 2.45) is 5.16 Å². The molecular formula is C12H14ClNO2. The van der Waals surface area contributed by atoms with Crippen LogP contribution in [0, 0.1) is 0 Å². The fourth-order valence-electron chi connectivity index (χ4n) is 1.16. The molecule has 1 aromatic carbocycles. The predicted octanol–water partition coefficient (Wildman–Crippen LogP) is 3.27. The molecule has 1 rings (SSSR count). The van der Waals surface area contributed by atoms with Crippen LogP contribution in [0.5, 0.6) is 0 Å². The van der Waals surface area contributed by atoms with Crippen molar-refractivity contribution in [2.75, 3.05) is 0 Å². The van der Waals surface area contributed by atoms with Gasteiger partial charge < -0.3 is 4.84 Å². The lowest BCUT2D eigenvalue weighted by Crippen LogP contribution is -1.97. The van der Waals surface area contributed by atoms with E-state index in [-0.39, 0.29) is 5.17 Å². The van der Waals surface area contributed by atoms with Crippen molar-refractivity contribution in [1.82, 2.24) is 0 Å². The third-order valence-electron chi connectivity index (χ3n) is 2.07. The Hall–Kier alpha value is -1.35. The molecule has 0 heterocycles. The molecule has 0 atom stereocenters. The van der Waals surface area contributed by atoms with E-state index in [1.165, 1.54) is 12.5 Å². The summed E-state index contributed by atoms with van der Waals surface area (Å²) in [6.45, 7) is 5.50. The van der Waals surface area contributed by atoms with E-state index in [9.17, 15) is 4.79 Å². The van der Waals surface area contributed by atoms with Gasteiger partial charge in [0, 0.05) is 12.5 Å². The Labute approximate surface area is 100 Å². The average molecular weight is 240 g/mol. The minimum atomic E-state index is -0.489. The minimum Gasteiger partial charge on any atom is -0.317 e. The molecule has 0 aliphatic rings. The van der Waals surface area contributed by atoms with Crippen molar-refractivity contribution in [3.05, 3.63) is 35.4 Å². The maximum Gasteiger partial charge on any atom is 0.332 e. The summed E-state index contributed by atoms with van der Waals surface area (Å²) in [7, 11) is 0. The molecule has 0 aromatic heterocycles. The van der Waals surface area contributed by atoms with E-state index in [2.05, 4.69) is 23.8 Å². The number of benzene rings is 1. The van der Waals surface area contributed by atoms with E-state index >= 15 is 0 Å². The van der Waals surface area contributed by atoms with Crippen LogP contribution >= 0.6 is 11.6 Å². The highest BCUT2D eigenvalue weighted by atomic mass is 35.5. The Kier molecular flexibility index (Phi) is 4.50. The topological polar surface area (TPSA) is 38.7 Å². The standard InChI is InChI=1S/C12H14ClNO2/c1-8(2)10-4-6-11(7-5-10)12(13)14-16-9(3)15/h4-8H,1-3H3/b14-12+.